The highest BCUT2D eigenvalue weighted by Crippen LogP contribution is 2.24. The predicted molar refractivity (Wildman–Crippen MR) is 61.4 cm³/mol. The standard InChI is InChI=1S/C11H21N3O2/c1-16-7-5-13-11(15)14-6-3-9-2-4-12-10(9)8-14/h9-10,12H,2-8H2,1H3,(H,13,15)/t9-,10+/m1/s1. The van der Waals surface area contributed by atoms with E-state index >= 15 is 0 Å². The number of fused-ring (bicyclic) bond motifs is 1. The number of carbonyl (C=O) groups is 1. The van der Waals surface area contributed by atoms with Crippen LogP contribution in [-0.4, -0.2) is 56.9 Å². The van der Waals surface area contributed by atoms with Crippen LogP contribution in [0.3, 0.4) is 0 Å². The Bertz CT molecular complexity index is 247. The summed E-state index contributed by atoms with van der Waals surface area (Å²) in [7, 11) is 1.64. The number of hydrogen-bond acceptors (Lipinski definition) is 3. The van der Waals surface area contributed by atoms with Crippen LogP contribution < -0.4 is 10.6 Å². The lowest BCUT2D eigenvalue weighted by Crippen LogP contribution is -2.52. The first kappa shape index (κ1) is 11.7. The van der Waals surface area contributed by atoms with Gasteiger partial charge in [0.15, 0.2) is 0 Å². The topological polar surface area (TPSA) is 53.6 Å². The number of urea groups is 1. The van der Waals surface area contributed by atoms with Crippen LogP contribution in [0.15, 0.2) is 0 Å². The maximum atomic E-state index is 11.8. The van der Waals surface area contributed by atoms with E-state index in [0.29, 0.717) is 19.2 Å². The van der Waals surface area contributed by atoms with E-state index in [1.165, 1.54) is 6.42 Å². The Balaban J connectivity index is 1.75. The molecule has 0 aromatic rings. The summed E-state index contributed by atoms with van der Waals surface area (Å²) in [6.07, 6.45) is 2.40. The second kappa shape index (κ2) is 5.50. The van der Waals surface area contributed by atoms with Crippen molar-refractivity contribution < 1.29 is 9.53 Å². The normalized spacial score (nSPS) is 28.9. The number of likely N-dealkylation sites (tertiary alicyclic amines) is 1. The summed E-state index contributed by atoms with van der Waals surface area (Å²) in [6.45, 7) is 4.01. The summed E-state index contributed by atoms with van der Waals surface area (Å²) in [5, 5.41) is 6.33. The molecular formula is C11H21N3O2. The van der Waals surface area contributed by atoms with Gasteiger partial charge in [0.25, 0.3) is 0 Å². The second-order valence-corrected chi connectivity index (χ2v) is 4.57. The van der Waals surface area contributed by atoms with E-state index < -0.39 is 0 Å². The molecule has 5 nitrogen and oxygen atoms in total. The van der Waals surface area contributed by atoms with Gasteiger partial charge in [0.2, 0.25) is 0 Å². The highest BCUT2D eigenvalue weighted by Gasteiger charge is 2.34. The van der Waals surface area contributed by atoms with Crippen molar-refractivity contribution in [3.05, 3.63) is 0 Å². The highest BCUT2D eigenvalue weighted by atomic mass is 16.5. The van der Waals surface area contributed by atoms with Crippen LogP contribution in [0.25, 0.3) is 0 Å². The summed E-state index contributed by atoms with van der Waals surface area (Å²) >= 11 is 0. The van der Waals surface area contributed by atoms with Gasteiger partial charge in [0, 0.05) is 32.8 Å². The lowest BCUT2D eigenvalue weighted by molar-refractivity contribution is 0.154. The van der Waals surface area contributed by atoms with Gasteiger partial charge in [-0.3, -0.25) is 0 Å². The molecule has 0 bridgehead atoms. The van der Waals surface area contributed by atoms with E-state index in [9.17, 15) is 4.79 Å². The Labute approximate surface area is 96.5 Å². The molecule has 0 aromatic heterocycles. The number of piperidine rings is 1. The van der Waals surface area contributed by atoms with Crippen molar-refractivity contribution in [1.29, 1.82) is 0 Å². The smallest absolute Gasteiger partial charge is 0.317 e. The minimum Gasteiger partial charge on any atom is -0.383 e. The molecular weight excluding hydrogens is 206 g/mol. The molecule has 92 valence electrons. The van der Waals surface area contributed by atoms with Crippen LogP contribution in [-0.2, 0) is 4.74 Å². The Morgan fingerprint density at radius 1 is 1.56 bits per heavy atom. The number of carbonyl (C=O) groups excluding carboxylic acids is 1. The van der Waals surface area contributed by atoms with Gasteiger partial charge in [0.05, 0.1) is 6.61 Å². The van der Waals surface area contributed by atoms with E-state index in [0.717, 1.165) is 32.0 Å². The monoisotopic (exact) mass is 227 g/mol. The number of nitrogens with zero attached hydrogens (tertiary/aromatic N) is 1. The molecule has 2 atom stereocenters. The van der Waals surface area contributed by atoms with E-state index in [1.807, 2.05) is 4.90 Å². The summed E-state index contributed by atoms with van der Waals surface area (Å²) < 4.78 is 4.90. The maximum Gasteiger partial charge on any atom is 0.317 e. The first-order valence-corrected chi connectivity index (χ1v) is 6.06. The maximum absolute atomic E-state index is 11.8. The van der Waals surface area contributed by atoms with E-state index in [4.69, 9.17) is 4.74 Å². The fourth-order valence-electron chi connectivity index (χ4n) is 2.59. The van der Waals surface area contributed by atoms with Crippen molar-refractivity contribution in [2.75, 3.05) is 39.9 Å². The molecule has 0 aromatic carbocycles. The van der Waals surface area contributed by atoms with Crippen LogP contribution in [0.1, 0.15) is 12.8 Å². The average Bonchev–Trinajstić information content (AvgIpc) is 2.76. The Kier molecular flexibility index (Phi) is 4.01. The highest BCUT2D eigenvalue weighted by molar-refractivity contribution is 5.74. The van der Waals surface area contributed by atoms with Gasteiger partial charge in [-0.15, -0.1) is 0 Å². The Morgan fingerprint density at radius 2 is 2.44 bits per heavy atom. The largest absolute Gasteiger partial charge is 0.383 e. The van der Waals surface area contributed by atoms with Gasteiger partial charge in [-0.2, -0.15) is 0 Å². The minimum atomic E-state index is 0.0456. The van der Waals surface area contributed by atoms with Crippen molar-refractivity contribution in [2.45, 2.75) is 18.9 Å². The Morgan fingerprint density at radius 3 is 3.25 bits per heavy atom. The van der Waals surface area contributed by atoms with Crippen LogP contribution in [0.5, 0.6) is 0 Å². The van der Waals surface area contributed by atoms with Crippen molar-refractivity contribution in [1.82, 2.24) is 15.5 Å². The SMILES string of the molecule is COCCNC(=O)N1CC[C@H]2CCN[C@H]2C1. The molecule has 0 spiro atoms. The fourth-order valence-corrected chi connectivity index (χ4v) is 2.59. The first-order valence-electron chi connectivity index (χ1n) is 6.06. The number of amides is 2. The molecule has 0 unspecified atom stereocenters. The van der Waals surface area contributed by atoms with Crippen molar-refractivity contribution in [3.8, 4) is 0 Å². The molecule has 5 heteroatoms. The lowest BCUT2D eigenvalue weighted by atomic mass is 9.93. The first-order chi connectivity index (χ1) is 7.81. The van der Waals surface area contributed by atoms with E-state index in [2.05, 4.69) is 10.6 Å². The summed E-state index contributed by atoms with van der Waals surface area (Å²) in [5.41, 5.74) is 0. The zero-order valence-corrected chi connectivity index (χ0v) is 9.87. The van der Waals surface area contributed by atoms with Crippen LogP contribution >= 0.6 is 0 Å². The number of ether oxygens (including phenoxy) is 1. The van der Waals surface area contributed by atoms with Crippen LogP contribution in [0.2, 0.25) is 0 Å². The van der Waals surface area contributed by atoms with Gasteiger partial charge in [-0.05, 0) is 25.3 Å². The average molecular weight is 227 g/mol. The fraction of sp³-hybridized carbons (Fsp3) is 0.909. The lowest BCUT2D eigenvalue weighted by Gasteiger charge is -2.34. The molecule has 2 fully saturated rings. The molecule has 2 heterocycles. The minimum absolute atomic E-state index is 0.0456. The third-order valence-corrected chi connectivity index (χ3v) is 3.55. The third kappa shape index (κ3) is 2.65. The Hall–Kier alpha value is -0.810. The summed E-state index contributed by atoms with van der Waals surface area (Å²) in [6, 6.07) is 0.561. The van der Waals surface area contributed by atoms with E-state index in [1.54, 1.807) is 7.11 Å². The van der Waals surface area contributed by atoms with Gasteiger partial charge in [-0.1, -0.05) is 0 Å². The number of rotatable bonds is 3. The molecule has 2 N–H and O–H groups in total. The number of nitrogens with one attached hydrogen (secondary N) is 2. The summed E-state index contributed by atoms with van der Waals surface area (Å²) in [5.74, 6) is 0.781. The van der Waals surface area contributed by atoms with Crippen LogP contribution in [0, 0.1) is 5.92 Å². The summed E-state index contributed by atoms with van der Waals surface area (Å²) in [4.78, 5) is 13.7. The zero-order valence-electron chi connectivity index (χ0n) is 9.87. The third-order valence-electron chi connectivity index (χ3n) is 3.55. The van der Waals surface area contributed by atoms with Gasteiger partial charge < -0.3 is 20.3 Å². The van der Waals surface area contributed by atoms with Gasteiger partial charge in [-0.25, -0.2) is 4.79 Å². The molecule has 2 rings (SSSR count). The molecule has 0 saturated carbocycles. The molecule has 0 aliphatic carbocycles. The zero-order chi connectivity index (χ0) is 11.4. The quantitative estimate of drug-likeness (QED) is 0.669. The van der Waals surface area contributed by atoms with Crippen molar-refractivity contribution >= 4 is 6.03 Å². The second-order valence-electron chi connectivity index (χ2n) is 4.57. The van der Waals surface area contributed by atoms with Crippen molar-refractivity contribution in [3.63, 3.8) is 0 Å². The molecule has 2 aliphatic rings. The molecule has 2 aliphatic heterocycles. The van der Waals surface area contributed by atoms with Gasteiger partial charge >= 0.3 is 6.03 Å². The van der Waals surface area contributed by atoms with Gasteiger partial charge in [0.1, 0.15) is 0 Å². The molecule has 0 radical (unpaired) electrons. The van der Waals surface area contributed by atoms with Crippen molar-refractivity contribution in [2.24, 2.45) is 5.92 Å². The molecule has 16 heavy (non-hydrogen) atoms. The molecule has 2 saturated heterocycles. The van der Waals surface area contributed by atoms with E-state index in [-0.39, 0.29) is 6.03 Å². The number of hydrogen-bond donors (Lipinski definition) is 2. The number of methoxy groups -OCH3 is 1. The molecule has 2 amide bonds. The van der Waals surface area contributed by atoms with Crippen LogP contribution in [0.4, 0.5) is 4.79 Å². The predicted octanol–water partition coefficient (Wildman–Crippen LogP) is 0.0262.